The van der Waals surface area contributed by atoms with Crippen molar-refractivity contribution in [3.05, 3.63) is 35.9 Å². The van der Waals surface area contributed by atoms with Gasteiger partial charge >= 0.3 is 12.1 Å². The Hall–Kier alpha value is -1.73. The van der Waals surface area contributed by atoms with Crippen LogP contribution in [0.5, 0.6) is 0 Å². The van der Waals surface area contributed by atoms with E-state index in [9.17, 15) is 9.59 Å². The lowest BCUT2D eigenvalue weighted by molar-refractivity contribution is -0.144. The minimum atomic E-state index is -0.668. The zero-order chi connectivity index (χ0) is 19.6. The van der Waals surface area contributed by atoms with Crippen molar-refractivity contribution < 1.29 is 19.1 Å². The molecule has 1 amide bonds. The summed E-state index contributed by atoms with van der Waals surface area (Å²) in [6.07, 6.45) is 0.218. The number of hydrogen-bond acceptors (Lipinski definition) is 6. The van der Waals surface area contributed by atoms with Crippen molar-refractivity contribution in [1.82, 2.24) is 5.32 Å². The van der Waals surface area contributed by atoms with E-state index in [2.05, 4.69) is 5.32 Å². The molecule has 7 heteroatoms. The number of esters is 1. The van der Waals surface area contributed by atoms with E-state index in [-0.39, 0.29) is 6.04 Å². The maximum atomic E-state index is 12.1. The SMILES string of the molecule is CCOC(=O)[C@@H](N)CSC[C@H](Cc1ccccc1)NC(=O)OC(C)(C)C. The number of carbonyl (C=O) groups excluding carboxylic acids is 2. The second-order valence-corrected chi connectivity index (χ2v) is 8.00. The zero-order valence-corrected chi connectivity index (χ0v) is 16.8. The molecule has 0 aliphatic rings. The third-order valence-electron chi connectivity index (χ3n) is 3.25. The second-order valence-electron chi connectivity index (χ2n) is 6.93. The lowest BCUT2D eigenvalue weighted by Gasteiger charge is -2.24. The largest absolute Gasteiger partial charge is 0.465 e. The summed E-state index contributed by atoms with van der Waals surface area (Å²) in [6.45, 7) is 7.54. The fourth-order valence-corrected chi connectivity index (χ4v) is 3.19. The van der Waals surface area contributed by atoms with Gasteiger partial charge in [0.05, 0.1) is 6.61 Å². The van der Waals surface area contributed by atoms with Gasteiger partial charge in [-0.2, -0.15) is 11.8 Å². The number of amides is 1. The molecule has 0 aromatic heterocycles. The highest BCUT2D eigenvalue weighted by atomic mass is 32.2. The van der Waals surface area contributed by atoms with Crippen LogP contribution in [0.3, 0.4) is 0 Å². The molecule has 0 saturated heterocycles. The maximum absolute atomic E-state index is 12.1. The number of rotatable bonds is 9. The summed E-state index contributed by atoms with van der Waals surface area (Å²) in [6, 6.07) is 9.10. The topological polar surface area (TPSA) is 90.6 Å². The van der Waals surface area contributed by atoms with Gasteiger partial charge in [0.2, 0.25) is 0 Å². The minimum absolute atomic E-state index is 0.133. The summed E-state index contributed by atoms with van der Waals surface area (Å²) in [7, 11) is 0. The molecule has 6 nitrogen and oxygen atoms in total. The van der Waals surface area contributed by atoms with Crippen molar-refractivity contribution in [3.8, 4) is 0 Å². The first kappa shape index (κ1) is 22.3. The van der Waals surface area contributed by atoms with Gasteiger partial charge in [-0.25, -0.2) is 4.79 Å². The summed E-state index contributed by atoms with van der Waals surface area (Å²) in [5, 5.41) is 2.91. The molecule has 2 atom stereocenters. The smallest absolute Gasteiger partial charge is 0.407 e. The molecule has 0 aliphatic carbocycles. The molecular weight excluding hydrogens is 352 g/mol. The van der Waals surface area contributed by atoms with Crippen molar-refractivity contribution >= 4 is 23.8 Å². The molecule has 3 N–H and O–H groups in total. The Balaban J connectivity index is 2.60. The first-order valence-electron chi connectivity index (χ1n) is 8.74. The quantitative estimate of drug-likeness (QED) is 0.638. The molecule has 1 rings (SSSR count). The average Bonchev–Trinajstić information content (AvgIpc) is 2.54. The van der Waals surface area contributed by atoms with Crippen LogP contribution in [0.4, 0.5) is 4.79 Å². The van der Waals surface area contributed by atoms with Gasteiger partial charge in [-0.05, 0) is 39.7 Å². The van der Waals surface area contributed by atoms with E-state index in [0.717, 1.165) is 5.56 Å². The van der Waals surface area contributed by atoms with Crippen molar-refractivity contribution in [3.63, 3.8) is 0 Å². The van der Waals surface area contributed by atoms with Crippen molar-refractivity contribution in [2.24, 2.45) is 5.73 Å². The lowest BCUT2D eigenvalue weighted by Crippen LogP contribution is -2.42. The van der Waals surface area contributed by atoms with Gasteiger partial charge in [0.1, 0.15) is 11.6 Å². The van der Waals surface area contributed by atoms with Gasteiger partial charge < -0.3 is 20.5 Å². The molecule has 1 aromatic rings. The van der Waals surface area contributed by atoms with Crippen molar-refractivity contribution in [1.29, 1.82) is 0 Å². The number of alkyl carbamates (subject to hydrolysis) is 1. The number of thioether (sulfide) groups is 1. The van der Waals surface area contributed by atoms with Gasteiger partial charge in [0.25, 0.3) is 0 Å². The highest BCUT2D eigenvalue weighted by molar-refractivity contribution is 7.99. The predicted molar refractivity (Wildman–Crippen MR) is 105 cm³/mol. The molecule has 26 heavy (non-hydrogen) atoms. The van der Waals surface area contributed by atoms with Gasteiger partial charge in [-0.3, -0.25) is 4.79 Å². The van der Waals surface area contributed by atoms with Crippen LogP contribution in [-0.4, -0.2) is 47.9 Å². The summed E-state index contributed by atoms with van der Waals surface area (Å²) in [5.74, 6) is 0.640. The Kier molecular flexibility index (Phi) is 9.51. The summed E-state index contributed by atoms with van der Waals surface area (Å²) < 4.78 is 10.3. The Morgan fingerprint density at radius 2 is 1.85 bits per heavy atom. The van der Waals surface area contributed by atoms with E-state index < -0.39 is 23.7 Å². The van der Waals surface area contributed by atoms with Crippen LogP contribution in [0.25, 0.3) is 0 Å². The summed E-state index contributed by atoms with van der Waals surface area (Å²) >= 11 is 1.51. The van der Waals surface area contributed by atoms with Crippen LogP contribution < -0.4 is 11.1 Å². The molecule has 0 fully saturated rings. The number of hydrogen-bond donors (Lipinski definition) is 2. The molecule has 0 bridgehead atoms. The fraction of sp³-hybridized carbons (Fsp3) is 0.579. The number of benzene rings is 1. The van der Waals surface area contributed by atoms with Crippen LogP contribution in [0.1, 0.15) is 33.3 Å². The van der Waals surface area contributed by atoms with Crippen LogP contribution in [0.15, 0.2) is 30.3 Å². The molecule has 0 spiro atoms. The number of nitrogens with two attached hydrogens (primary N) is 1. The Bertz CT molecular complexity index is 560. The molecule has 0 heterocycles. The Morgan fingerprint density at radius 3 is 2.42 bits per heavy atom. The van der Waals surface area contributed by atoms with E-state index in [1.807, 2.05) is 51.1 Å². The average molecular weight is 383 g/mol. The number of nitrogens with one attached hydrogen (secondary N) is 1. The zero-order valence-electron chi connectivity index (χ0n) is 16.0. The van der Waals surface area contributed by atoms with Crippen molar-refractivity contribution in [2.45, 2.75) is 51.8 Å². The van der Waals surface area contributed by atoms with Gasteiger partial charge in [0, 0.05) is 17.5 Å². The van der Waals surface area contributed by atoms with E-state index in [4.69, 9.17) is 15.2 Å². The van der Waals surface area contributed by atoms with Crippen LogP contribution >= 0.6 is 11.8 Å². The van der Waals surface area contributed by atoms with Crippen molar-refractivity contribution in [2.75, 3.05) is 18.1 Å². The third-order valence-corrected chi connectivity index (χ3v) is 4.48. The monoisotopic (exact) mass is 382 g/mol. The van der Waals surface area contributed by atoms with Crippen LogP contribution in [0.2, 0.25) is 0 Å². The third kappa shape index (κ3) is 9.68. The fourth-order valence-electron chi connectivity index (χ4n) is 2.18. The van der Waals surface area contributed by atoms with Gasteiger partial charge in [0.15, 0.2) is 0 Å². The molecule has 0 unspecified atom stereocenters. The maximum Gasteiger partial charge on any atom is 0.407 e. The van der Waals surface area contributed by atoms with Crippen LogP contribution in [-0.2, 0) is 20.7 Å². The molecule has 0 aliphatic heterocycles. The number of ether oxygens (including phenoxy) is 2. The molecule has 0 saturated carbocycles. The molecule has 1 aromatic carbocycles. The normalized spacial score (nSPS) is 13.6. The number of carbonyl (C=O) groups is 2. The molecular formula is C19H30N2O4S. The van der Waals surface area contributed by atoms with E-state index >= 15 is 0 Å². The second kappa shape index (κ2) is 11.1. The highest BCUT2D eigenvalue weighted by Gasteiger charge is 2.21. The van der Waals surface area contributed by atoms with E-state index in [1.165, 1.54) is 11.8 Å². The summed E-state index contributed by atoms with van der Waals surface area (Å²) in [5.41, 5.74) is 6.38. The molecule has 146 valence electrons. The first-order chi connectivity index (χ1) is 12.2. The minimum Gasteiger partial charge on any atom is -0.465 e. The predicted octanol–water partition coefficient (Wildman–Crippen LogP) is 2.75. The van der Waals surface area contributed by atoms with E-state index in [0.29, 0.717) is 24.5 Å². The Morgan fingerprint density at radius 1 is 1.19 bits per heavy atom. The Labute approximate surface area is 160 Å². The summed E-state index contributed by atoms with van der Waals surface area (Å²) in [4.78, 5) is 23.7. The highest BCUT2D eigenvalue weighted by Crippen LogP contribution is 2.12. The van der Waals surface area contributed by atoms with Gasteiger partial charge in [-0.15, -0.1) is 0 Å². The standard InChI is InChI=1S/C19H30N2O4S/c1-5-24-17(22)16(20)13-26-12-15(11-14-9-7-6-8-10-14)21-18(23)25-19(2,3)4/h6-10,15-16H,5,11-13,20H2,1-4H3,(H,21,23)/t15-,16-/m0/s1. The van der Waals surface area contributed by atoms with Crippen LogP contribution in [0, 0.1) is 0 Å². The first-order valence-corrected chi connectivity index (χ1v) is 9.90. The van der Waals surface area contributed by atoms with Gasteiger partial charge in [-0.1, -0.05) is 30.3 Å². The van der Waals surface area contributed by atoms with E-state index in [1.54, 1.807) is 6.92 Å². The molecule has 0 radical (unpaired) electrons. The lowest BCUT2D eigenvalue weighted by atomic mass is 10.1.